The van der Waals surface area contributed by atoms with Gasteiger partial charge in [0.15, 0.2) is 6.10 Å². The number of benzene rings is 2. The molecule has 3 rings (SSSR count). The van der Waals surface area contributed by atoms with E-state index in [4.69, 9.17) is 27.9 Å². The van der Waals surface area contributed by atoms with E-state index < -0.39 is 28.0 Å². The third kappa shape index (κ3) is 6.01. The maximum absolute atomic E-state index is 12.8. The minimum absolute atomic E-state index is 0.124. The number of nitrogens with one attached hydrogen (secondary N) is 1. The van der Waals surface area contributed by atoms with Crippen molar-refractivity contribution in [3.05, 3.63) is 58.1 Å². The van der Waals surface area contributed by atoms with Crippen LogP contribution in [0.15, 0.2) is 47.4 Å². The van der Waals surface area contributed by atoms with Gasteiger partial charge in [-0.3, -0.25) is 4.79 Å². The molecule has 1 N–H and O–H groups in total. The normalized spacial score (nSPS) is 16.1. The standard InChI is InChI=1S/C22H24Cl2N2O5S/c1-15(21(27)25-20-11-8-17(23)14-19(20)24)31-22(28)16-6-9-18(10-7-16)32(29,30)26-12-4-2-3-5-13-26/h6-11,14-15H,2-5,12-13H2,1H3,(H,25,27). The molecular weight excluding hydrogens is 475 g/mol. The Morgan fingerprint density at radius 3 is 2.22 bits per heavy atom. The summed E-state index contributed by atoms with van der Waals surface area (Å²) in [6, 6.07) is 10.1. The summed E-state index contributed by atoms with van der Waals surface area (Å²) in [6.45, 7) is 2.42. The lowest BCUT2D eigenvalue weighted by Crippen LogP contribution is -2.32. The van der Waals surface area contributed by atoms with E-state index >= 15 is 0 Å². The van der Waals surface area contributed by atoms with Crippen molar-refractivity contribution in [1.29, 1.82) is 0 Å². The second-order valence-electron chi connectivity index (χ2n) is 7.50. The SMILES string of the molecule is CC(OC(=O)c1ccc(S(=O)(=O)N2CCCCCC2)cc1)C(=O)Nc1ccc(Cl)cc1Cl. The molecule has 1 saturated heterocycles. The molecule has 0 spiro atoms. The first-order valence-corrected chi connectivity index (χ1v) is 12.4. The van der Waals surface area contributed by atoms with E-state index in [-0.39, 0.29) is 15.5 Å². The average Bonchev–Trinajstić information content (AvgIpc) is 3.06. The summed E-state index contributed by atoms with van der Waals surface area (Å²) in [6.07, 6.45) is 2.62. The fourth-order valence-corrected chi connectivity index (χ4v) is 5.27. The summed E-state index contributed by atoms with van der Waals surface area (Å²) in [5.41, 5.74) is 0.482. The predicted molar refractivity (Wildman–Crippen MR) is 124 cm³/mol. The van der Waals surface area contributed by atoms with Gasteiger partial charge in [0.05, 0.1) is 21.2 Å². The molecule has 1 unspecified atom stereocenters. The largest absolute Gasteiger partial charge is 0.449 e. The molecule has 0 aliphatic carbocycles. The van der Waals surface area contributed by atoms with Crippen LogP contribution in [0.5, 0.6) is 0 Å². The van der Waals surface area contributed by atoms with E-state index in [0.717, 1.165) is 25.7 Å². The second kappa shape index (κ2) is 10.7. The quantitative estimate of drug-likeness (QED) is 0.580. The first-order chi connectivity index (χ1) is 15.2. The maximum Gasteiger partial charge on any atom is 0.338 e. The lowest BCUT2D eigenvalue weighted by atomic mass is 10.2. The number of esters is 1. The van der Waals surface area contributed by atoms with Crippen molar-refractivity contribution >= 4 is 50.8 Å². The van der Waals surface area contributed by atoms with Crippen LogP contribution in [0, 0.1) is 0 Å². The highest BCUT2D eigenvalue weighted by molar-refractivity contribution is 7.89. The van der Waals surface area contributed by atoms with E-state index in [9.17, 15) is 18.0 Å². The number of anilines is 1. The number of rotatable bonds is 6. The van der Waals surface area contributed by atoms with Gasteiger partial charge in [0, 0.05) is 18.1 Å². The van der Waals surface area contributed by atoms with Crippen LogP contribution in [0.3, 0.4) is 0 Å². The highest BCUT2D eigenvalue weighted by Crippen LogP contribution is 2.26. The van der Waals surface area contributed by atoms with E-state index in [1.807, 2.05) is 0 Å². The third-order valence-corrected chi connectivity index (χ3v) is 7.60. The van der Waals surface area contributed by atoms with Gasteiger partial charge in [-0.15, -0.1) is 0 Å². The van der Waals surface area contributed by atoms with Gasteiger partial charge < -0.3 is 10.1 Å². The number of carbonyl (C=O) groups excluding carboxylic acids is 2. The number of hydrogen-bond donors (Lipinski definition) is 1. The number of sulfonamides is 1. The number of carbonyl (C=O) groups is 2. The van der Waals surface area contributed by atoms with E-state index in [0.29, 0.717) is 23.8 Å². The molecule has 1 heterocycles. The van der Waals surface area contributed by atoms with Crippen molar-refractivity contribution in [1.82, 2.24) is 4.31 Å². The second-order valence-corrected chi connectivity index (χ2v) is 10.3. The fraction of sp³-hybridized carbons (Fsp3) is 0.364. The van der Waals surface area contributed by atoms with E-state index in [2.05, 4.69) is 5.32 Å². The summed E-state index contributed by atoms with van der Waals surface area (Å²) >= 11 is 11.9. The number of hydrogen-bond acceptors (Lipinski definition) is 5. The van der Waals surface area contributed by atoms with Crippen LogP contribution < -0.4 is 5.32 Å². The smallest absolute Gasteiger partial charge is 0.338 e. The number of ether oxygens (including phenoxy) is 1. The lowest BCUT2D eigenvalue weighted by molar-refractivity contribution is -0.123. The molecule has 2 aromatic carbocycles. The van der Waals surface area contributed by atoms with Crippen molar-refractivity contribution in [3.8, 4) is 0 Å². The Kier molecular flexibility index (Phi) is 8.16. The van der Waals surface area contributed by atoms with Gasteiger partial charge in [-0.25, -0.2) is 13.2 Å². The summed E-state index contributed by atoms with van der Waals surface area (Å²) in [5.74, 6) is -1.31. The molecule has 7 nitrogen and oxygen atoms in total. The van der Waals surface area contributed by atoms with E-state index in [1.165, 1.54) is 41.6 Å². The molecular formula is C22H24Cl2N2O5S. The van der Waals surface area contributed by atoms with Crippen LogP contribution >= 0.6 is 23.2 Å². The summed E-state index contributed by atoms with van der Waals surface area (Å²) in [5, 5.41) is 3.25. The molecule has 172 valence electrons. The number of halogens is 2. The van der Waals surface area contributed by atoms with Crippen molar-refractivity contribution in [2.75, 3.05) is 18.4 Å². The fourth-order valence-electron chi connectivity index (χ4n) is 3.30. The minimum Gasteiger partial charge on any atom is -0.449 e. The van der Waals surface area contributed by atoms with Crippen LogP contribution in [0.1, 0.15) is 43.0 Å². The van der Waals surface area contributed by atoms with Gasteiger partial charge in [0.25, 0.3) is 5.91 Å². The Bertz CT molecular complexity index is 1080. The molecule has 0 saturated carbocycles. The average molecular weight is 499 g/mol. The molecule has 2 aromatic rings. The Hall–Kier alpha value is -2.13. The molecule has 0 aromatic heterocycles. The van der Waals surface area contributed by atoms with Crippen LogP contribution in [-0.4, -0.2) is 43.8 Å². The third-order valence-electron chi connectivity index (χ3n) is 5.13. The Balaban J connectivity index is 1.63. The van der Waals surface area contributed by atoms with Crippen molar-refractivity contribution in [3.63, 3.8) is 0 Å². The van der Waals surface area contributed by atoms with Crippen LogP contribution in [-0.2, 0) is 19.6 Å². The minimum atomic E-state index is -3.61. The zero-order valence-electron chi connectivity index (χ0n) is 17.5. The van der Waals surface area contributed by atoms with Crippen LogP contribution in [0.2, 0.25) is 10.0 Å². The first kappa shape index (κ1) is 24.5. The highest BCUT2D eigenvalue weighted by Gasteiger charge is 2.26. The molecule has 32 heavy (non-hydrogen) atoms. The molecule has 1 aliphatic rings. The topological polar surface area (TPSA) is 92.8 Å². The van der Waals surface area contributed by atoms with Crippen LogP contribution in [0.25, 0.3) is 0 Å². The summed E-state index contributed by atoms with van der Waals surface area (Å²) in [7, 11) is -3.61. The number of nitrogens with zero attached hydrogens (tertiary/aromatic N) is 1. The Labute approximate surface area is 197 Å². The Morgan fingerprint density at radius 1 is 1.00 bits per heavy atom. The van der Waals surface area contributed by atoms with Gasteiger partial charge >= 0.3 is 5.97 Å². The van der Waals surface area contributed by atoms with Gasteiger partial charge in [0.2, 0.25) is 10.0 Å². The summed E-state index contributed by atoms with van der Waals surface area (Å²) in [4.78, 5) is 24.9. The molecule has 1 aliphatic heterocycles. The van der Waals surface area contributed by atoms with Crippen LogP contribution in [0.4, 0.5) is 5.69 Å². The zero-order valence-corrected chi connectivity index (χ0v) is 19.8. The molecule has 10 heteroatoms. The Morgan fingerprint density at radius 2 is 1.62 bits per heavy atom. The predicted octanol–water partition coefficient (Wildman–Crippen LogP) is 4.74. The van der Waals surface area contributed by atoms with Crippen molar-refractivity contribution < 1.29 is 22.7 Å². The van der Waals surface area contributed by atoms with Gasteiger partial charge in [-0.05, 0) is 62.2 Å². The van der Waals surface area contributed by atoms with Gasteiger partial charge in [-0.1, -0.05) is 36.0 Å². The highest BCUT2D eigenvalue weighted by atomic mass is 35.5. The molecule has 0 bridgehead atoms. The number of amides is 1. The molecule has 1 atom stereocenters. The van der Waals surface area contributed by atoms with Crippen molar-refractivity contribution in [2.24, 2.45) is 0 Å². The zero-order chi connectivity index (χ0) is 23.3. The maximum atomic E-state index is 12.8. The van der Waals surface area contributed by atoms with Gasteiger partial charge in [0.1, 0.15) is 0 Å². The lowest BCUT2D eigenvalue weighted by Gasteiger charge is -2.20. The van der Waals surface area contributed by atoms with Crippen molar-refractivity contribution in [2.45, 2.75) is 43.6 Å². The molecule has 0 radical (unpaired) electrons. The molecule has 1 fully saturated rings. The summed E-state index contributed by atoms with van der Waals surface area (Å²) < 4.78 is 32.4. The first-order valence-electron chi connectivity index (χ1n) is 10.3. The molecule has 1 amide bonds. The van der Waals surface area contributed by atoms with E-state index in [1.54, 1.807) is 12.1 Å². The van der Waals surface area contributed by atoms with Gasteiger partial charge in [-0.2, -0.15) is 4.31 Å². The monoisotopic (exact) mass is 498 g/mol.